The van der Waals surface area contributed by atoms with Crippen molar-refractivity contribution in [3.05, 3.63) is 42.0 Å². The molecular weight excluding hydrogens is 338 g/mol. The summed E-state index contributed by atoms with van der Waals surface area (Å²) >= 11 is 0. The summed E-state index contributed by atoms with van der Waals surface area (Å²) < 4.78 is 27.2. The molecule has 0 saturated carbocycles. The average Bonchev–Trinajstić information content (AvgIpc) is 2.67. The third kappa shape index (κ3) is 4.29. The molecule has 0 spiro atoms. The molecule has 25 heavy (non-hydrogen) atoms. The molecule has 7 heteroatoms. The summed E-state index contributed by atoms with van der Waals surface area (Å²) in [6.45, 7) is 2.63. The Labute approximate surface area is 149 Å². The van der Waals surface area contributed by atoms with Crippen molar-refractivity contribution in [1.29, 1.82) is 0 Å². The van der Waals surface area contributed by atoms with E-state index in [1.165, 1.54) is 9.88 Å². The summed E-state index contributed by atoms with van der Waals surface area (Å²) in [5, 5.41) is 6.17. The average molecular weight is 363 g/mol. The highest BCUT2D eigenvalue weighted by atomic mass is 32.2. The molecule has 1 unspecified atom stereocenters. The first-order valence-corrected chi connectivity index (χ1v) is 10.3. The van der Waals surface area contributed by atoms with E-state index < -0.39 is 16.1 Å². The van der Waals surface area contributed by atoms with Crippen LogP contribution in [-0.4, -0.2) is 50.9 Å². The van der Waals surface area contributed by atoms with Crippen LogP contribution in [0.2, 0.25) is 0 Å². The molecule has 3 rings (SSSR count). The highest BCUT2D eigenvalue weighted by Crippen LogP contribution is 2.25. The summed E-state index contributed by atoms with van der Waals surface area (Å²) in [6, 6.07) is 7.73. The standard InChI is InChI=1S/C18H25N3O3S/c22-18(20-14-15-9-11-19-12-10-15)17-8-4-5-13-21(17)25(23,24)16-6-2-1-3-7-16/h1-3,6-7,9,17,19H,4-5,8,10-14H2,(H,20,22). The van der Waals surface area contributed by atoms with Crippen LogP contribution in [0.1, 0.15) is 25.7 Å². The van der Waals surface area contributed by atoms with Crippen LogP contribution in [0, 0.1) is 0 Å². The zero-order valence-electron chi connectivity index (χ0n) is 14.3. The van der Waals surface area contributed by atoms with Gasteiger partial charge in [0, 0.05) is 19.6 Å². The maximum absolute atomic E-state index is 12.9. The van der Waals surface area contributed by atoms with Gasteiger partial charge < -0.3 is 10.6 Å². The van der Waals surface area contributed by atoms with E-state index in [1.54, 1.807) is 30.3 Å². The number of sulfonamides is 1. The fourth-order valence-corrected chi connectivity index (χ4v) is 5.01. The van der Waals surface area contributed by atoms with Gasteiger partial charge in [0.2, 0.25) is 15.9 Å². The maximum Gasteiger partial charge on any atom is 0.243 e. The Kier molecular flexibility index (Phi) is 5.88. The molecule has 1 atom stereocenters. The van der Waals surface area contributed by atoms with E-state index in [9.17, 15) is 13.2 Å². The Hall–Kier alpha value is -1.70. The summed E-state index contributed by atoms with van der Waals surface area (Å²) in [5.41, 5.74) is 1.19. The van der Waals surface area contributed by atoms with Crippen molar-refractivity contribution < 1.29 is 13.2 Å². The number of nitrogens with one attached hydrogen (secondary N) is 2. The van der Waals surface area contributed by atoms with Gasteiger partial charge >= 0.3 is 0 Å². The van der Waals surface area contributed by atoms with E-state index in [2.05, 4.69) is 16.7 Å². The monoisotopic (exact) mass is 363 g/mol. The quantitative estimate of drug-likeness (QED) is 0.772. The molecule has 0 radical (unpaired) electrons. The zero-order chi connectivity index (χ0) is 17.7. The zero-order valence-corrected chi connectivity index (χ0v) is 15.1. The van der Waals surface area contributed by atoms with E-state index in [0.717, 1.165) is 32.4 Å². The van der Waals surface area contributed by atoms with Gasteiger partial charge in [0.15, 0.2) is 0 Å². The van der Waals surface area contributed by atoms with E-state index in [4.69, 9.17) is 0 Å². The molecule has 1 saturated heterocycles. The van der Waals surface area contributed by atoms with Gasteiger partial charge in [-0.2, -0.15) is 4.31 Å². The number of carbonyl (C=O) groups is 1. The Morgan fingerprint density at radius 1 is 1.24 bits per heavy atom. The summed E-state index contributed by atoms with van der Waals surface area (Å²) in [4.78, 5) is 12.9. The summed E-state index contributed by atoms with van der Waals surface area (Å²) in [6.07, 6.45) is 5.22. The smallest absolute Gasteiger partial charge is 0.243 e. The van der Waals surface area contributed by atoms with Crippen LogP contribution in [0.25, 0.3) is 0 Å². The van der Waals surface area contributed by atoms with Crippen LogP contribution >= 0.6 is 0 Å². The molecule has 0 aromatic heterocycles. The first-order valence-electron chi connectivity index (χ1n) is 8.82. The number of nitrogens with zero attached hydrogens (tertiary/aromatic N) is 1. The van der Waals surface area contributed by atoms with E-state index in [0.29, 0.717) is 19.5 Å². The fourth-order valence-electron chi connectivity index (χ4n) is 3.33. The predicted molar refractivity (Wildman–Crippen MR) is 96.6 cm³/mol. The van der Waals surface area contributed by atoms with Crippen LogP contribution in [0.4, 0.5) is 0 Å². The van der Waals surface area contributed by atoms with Crippen LogP contribution in [0.3, 0.4) is 0 Å². The molecule has 2 aliphatic heterocycles. The third-order valence-corrected chi connectivity index (χ3v) is 6.68. The number of hydrogen-bond donors (Lipinski definition) is 2. The van der Waals surface area contributed by atoms with Crippen molar-refractivity contribution in [2.75, 3.05) is 26.2 Å². The molecule has 2 N–H and O–H groups in total. The van der Waals surface area contributed by atoms with Crippen molar-refractivity contribution in [3.8, 4) is 0 Å². The summed E-state index contributed by atoms with van der Waals surface area (Å²) in [5.74, 6) is -0.196. The Bertz CT molecular complexity index is 731. The van der Waals surface area contributed by atoms with Crippen LogP contribution in [0.15, 0.2) is 46.9 Å². The maximum atomic E-state index is 12.9. The molecule has 1 fully saturated rings. The molecule has 1 amide bonds. The lowest BCUT2D eigenvalue weighted by atomic mass is 10.0. The Balaban J connectivity index is 1.72. The normalized spacial score (nSPS) is 22.2. The number of carbonyl (C=O) groups excluding carboxylic acids is 1. The third-order valence-electron chi connectivity index (χ3n) is 4.75. The van der Waals surface area contributed by atoms with Gasteiger partial charge in [-0.15, -0.1) is 0 Å². The second-order valence-corrected chi connectivity index (χ2v) is 8.37. The van der Waals surface area contributed by atoms with Gasteiger partial charge in [-0.1, -0.05) is 36.3 Å². The Morgan fingerprint density at radius 3 is 2.76 bits per heavy atom. The molecule has 2 heterocycles. The van der Waals surface area contributed by atoms with Gasteiger partial charge in [0.1, 0.15) is 6.04 Å². The summed E-state index contributed by atoms with van der Waals surface area (Å²) in [7, 11) is -3.65. The topological polar surface area (TPSA) is 78.5 Å². The van der Waals surface area contributed by atoms with E-state index in [1.807, 2.05) is 0 Å². The number of piperidine rings is 1. The van der Waals surface area contributed by atoms with Crippen molar-refractivity contribution in [1.82, 2.24) is 14.9 Å². The minimum absolute atomic E-state index is 0.196. The van der Waals surface area contributed by atoms with Gasteiger partial charge in [-0.05, 0) is 37.9 Å². The SMILES string of the molecule is O=C(NCC1=CCNCC1)C1CCCCN1S(=O)(=O)c1ccccc1. The molecule has 136 valence electrons. The van der Waals surface area contributed by atoms with Crippen LogP contribution in [-0.2, 0) is 14.8 Å². The molecular formula is C18H25N3O3S. The largest absolute Gasteiger partial charge is 0.351 e. The fraction of sp³-hybridized carbons (Fsp3) is 0.500. The van der Waals surface area contributed by atoms with Crippen molar-refractivity contribution in [2.45, 2.75) is 36.6 Å². The Morgan fingerprint density at radius 2 is 2.04 bits per heavy atom. The van der Waals surface area contributed by atoms with Crippen molar-refractivity contribution in [2.24, 2.45) is 0 Å². The van der Waals surface area contributed by atoms with Gasteiger partial charge in [0.05, 0.1) is 4.90 Å². The molecule has 0 bridgehead atoms. The minimum atomic E-state index is -3.65. The number of rotatable bonds is 5. The first kappa shape index (κ1) is 18.1. The number of amides is 1. The molecule has 0 aliphatic carbocycles. The molecule has 1 aromatic rings. The van der Waals surface area contributed by atoms with Crippen LogP contribution < -0.4 is 10.6 Å². The van der Waals surface area contributed by atoms with Crippen molar-refractivity contribution >= 4 is 15.9 Å². The second-order valence-electron chi connectivity index (χ2n) is 6.47. The molecule has 2 aliphatic rings. The van der Waals surface area contributed by atoms with E-state index in [-0.39, 0.29) is 10.8 Å². The lowest BCUT2D eigenvalue weighted by Crippen LogP contribution is -2.52. The molecule has 1 aromatic carbocycles. The van der Waals surface area contributed by atoms with Gasteiger partial charge in [-0.3, -0.25) is 4.79 Å². The second kappa shape index (κ2) is 8.12. The lowest BCUT2D eigenvalue weighted by Gasteiger charge is -2.33. The van der Waals surface area contributed by atoms with E-state index >= 15 is 0 Å². The minimum Gasteiger partial charge on any atom is -0.351 e. The van der Waals surface area contributed by atoms with Crippen LogP contribution in [0.5, 0.6) is 0 Å². The lowest BCUT2D eigenvalue weighted by molar-refractivity contribution is -0.125. The highest BCUT2D eigenvalue weighted by molar-refractivity contribution is 7.89. The molecule has 6 nitrogen and oxygen atoms in total. The van der Waals surface area contributed by atoms with Crippen molar-refractivity contribution in [3.63, 3.8) is 0 Å². The highest BCUT2D eigenvalue weighted by Gasteiger charge is 2.37. The van der Waals surface area contributed by atoms with Gasteiger partial charge in [-0.25, -0.2) is 8.42 Å². The number of benzene rings is 1. The van der Waals surface area contributed by atoms with Gasteiger partial charge in [0.25, 0.3) is 0 Å². The first-order chi connectivity index (χ1) is 12.1. The number of hydrogen-bond acceptors (Lipinski definition) is 4. The predicted octanol–water partition coefficient (Wildman–Crippen LogP) is 1.27.